The number of hydrogen-bond acceptors (Lipinski definition) is 7. The highest BCUT2D eigenvalue weighted by Crippen LogP contribution is 2.28. The average Bonchev–Trinajstić information content (AvgIpc) is 2.77. The van der Waals surface area contributed by atoms with Crippen molar-refractivity contribution >= 4 is 17.3 Å². The second-order valence-corrected chi connectivity index (χ2v) is 4.60. The number of nitrogens with zero attached hydrogens (tertiary/aromatic N) is 2. The van der Waals surface area contributed by atoms with E-state index in [0.717, 1.165) is 11.0 Å². The first kappa shape index (κ1) is 15.1. The van der Waals surface area contributed by atoms with Crippen LogP contribution in [0.2, 0.25) is 0 Å². The van der Waals surface area contributed by atoms with Crippen molar-refractivity contribution in [2.24, 2.45) is 5.84 Å². The van der Waals surface area contributed by atoms with Gasteiger partial charge in [-0.15, -0.1) is 0 Å². The molecular weight excluding hydrogens is 287 g/mol. The summed E-state index contributed by atoms with van der Waals surface area (Å²) in [5, 5.41) is 29.8. The van der Waals surface area contributed by atoms with Crippen LogP contribution in [-0.4, -0.2) is 51.2 Å². The van der Waals surface area contributed by atoms with E-state index in [1.165, 1.54) is 0 Å². The van der Waals surface area contributed by atoms with Crippen LogP contribution in [0.15, 0.2) is 12.1 Å². The predicted molar refractivity (Wildman–Crippen MR) is 68.8 cm³/mol. The van der Waals surface area contributed by atoms with E-state index in [-0.39, 0.29) is 24.3 Å². The number of hydrazine groups is 1. The largest absolute Gasteiger partial charge is 0.388 e. The Morgan fingerprint density at radius 2 is 2.00 bits per heavy atom. The first-order valence-electron chi connectivity index (χ1n) is 5.95. The standard InChI is InChI=1S/C11H13FN4O5/c12-6-2-8(16(20)21)5(1-7(6)14-13)11(19)15-3-9(17)10(18)4-15/h1-2,9-10,14,17-18H,3-4,13H2. The molecule has 1 amide bonds. The van der Waals surface area contributed by atoms with Gasteiger partial charge in [0.15, 0.2) is 5.82 Å². The van der Waals surface area contributed by atoms with Crippen LogP contribution < -0.4 is 11.3 Å². The van der Waals surface area contributed by atoms with Crippen molar-refractivity contribution in [3.63, 3.8) is 0 Å². The maximum Gasteiger partial charge on any atom is 0.285 e. The van der Waals surface area contributed by atoms with E-state index in [2.05, 4.69) is 0 Å². The zero-order chi connectivity index (χ0) is 15.7. The summed E-state index contributed by atoms with van der Waals surface area (Å²) in [6.07, 6.45) is -2.25. The number of carbonyl (C=O) groups is 1. The number of hydrogen-bond donors (Lipinski definition) is 4. The third-order valence-corrected chi connectivity index (χ3v) is 3.21. The molecule has 1 fully saturated rings. The van der Waals surface area contributed by atoms with Crippen LogP contribution in [0, 0.1) is 15.9 Å². The molecule has 2 rings (SSSR count). The number of halogens is 1. The fourth-order valence-corrected chi connectivity index (χ4v) is 2.10. The van der Waals surface area contributed by atoms with Gasteiger partial charge in [-0.2, -0.15) is 0 Å². The lowest BCUT2D eigenvalue weighted by molar-refractivity contribution is -0.385. The van der Waals surface area contributed by atoms with Crippen molar-refractivity contribution in [1.29, 1.82) is 0 Å². The normalized spacial score (nSPS) is 21.4. The highest BCUT2D eigenvalue weighted by Gasteiger charge is 2.35. The summed E-state index contributed by atoms with van der Waals surface area (Å²) in [6.45, 7) is -0.333. The summed E-state index contributed by atoms with van der Waals surface area (Å²) in [5.74, 6) is 3.31. The third kappa shape index (κ3) is 2.77. The zero-order valence-electron chi connectivity index (χ0n) is 10.7. The molecule has 0 saturated carbocycles. The van der Waals surface area contributed by atoms with E-state index in [9.17, 15) is 29.5 Å². The van der Waals surface area contributed by atoms with Gasteiger partial charge in [-0.25, -0.2) is 4.39 Å². The molecule has 21 heavy (non-hydrogen) atoms. The van der Waals surface area contributed by atoms with Gasteiger partial charge in [0.2, 0.25) is 0 Å². The summed E-state index contributed by atoms with van der Waals surface area (Å²) < 4.78 is 13.5. The minimum Gasteiger partial charge on any atom is -0.388 e. The molecule has 1 saturated heterocycles. The van der Waals surface area contributed by atoms with Gasteiger partial charge in [0.1, 0.15) is 5.56 Å². The summed E-state index contributed by atoms with van der Waals surface area (Å²) in [7, 11) is 0. The fraction of sp³-hybridized carbons (Fsp3) is 0.364. The second kappa shape index (κ2) is 5.60. The van der Waals surface area contributed by atoms with Crippen LogP contribution >= 0.6 is 0 Å². The van der Waals surface area contributed by atoms with Crippen molar-refractivity contribution in [2.75, 3.05) is 18.5 Å². The monoisotopic (exact) mass is 300 g/mol. The molecule has 1 aromatic rings. The second-order valence-electron chi connectivity index (χ2n) is 4.60. The number of aliphatic hydroxyl groups excluding tert-OH is 2. The summed E-state index contributed by atoms with van der Waals surface area (Å²) >= 11 is 0. The molecule has 0 aliphatic carbocycles. The molecule has 1 aromatic carbocycles. The number of rotatable bonds is 3. The van der Waals surface area contributed by atoms with Gasteiger partial charge in [-0.3, -0.25) is 20.8 Å². The molecule has 0 aromatic heterocycles. The maximum atomic E-state index is 13.5. The summed E-state index contributed by atoms with van der Waals surface area (Å²) in [5.41, 5.74) is 0.629. The van der Waals surface area contributed by atoms with E-state index in [1.54, 1.807) is 0 Å². The van der Waals surface area contributed by atoms with Crippen LogP contribution in [0.25, 0.3) is 0 Å². The number of carbonyl (C=O) groups excluding carboxylic acids is 1. The van der Waals surface area contributed by atoms with E-state index in [1.807, 2.05) is 5.43 Å². The number of amides is 1. The number of anilines is 1. The van der Waals surface area contributed by atoms with Gasteiger partial charge >= 0.3 is 0 Å². The maximum absolute atomic E-state index is 13.5. The van der Waals surface area contributed by atoms with Crippen LogP contribution in [0.1, 0.15) is 10.4 Å². The molecule has 114 valence electrons. The number of benzene rings is 1. The highest BCUT2D eigenvalue weighted by molar-refractivity contribution is 5.99. The lowest BCUT2D eigenvalue weighted by atomic mass is 10.1. The lowest BCUT2D eigenvalue weighted by Crippen LogP contribution is -2.30. The summed E-state index contributed by atoms with van der Waals surface area (Å²) in [6, 6.07) is 1.51. The Kier molecular flexibility index (Phi) is 4.02. The molecule has 1 aliphatic heterocycles. The first-order valence-corrected chi connectivity index (χ1v) is 5.95. The number of likely N-dealkylation sites (tertiary alicyclic amines) is 1. The predicted octanol–water partition coefficient (Wildman–Crippen LogP) is -0.803. The number of aliphatic hydroxyl groups is 2. The summed E-state index contributed by atoms with van der Waals surface area (Å²) in [4.78, 5) is 23.4. The van der Waals surface area contributed by atoms with Gasteiger partial charge in [-0.1, -0.05) is 0 Å². The first-order chi connectivity index (χ1) is 9.85. The van der Waals surface area contributed by atoms with Gasteiger partial charge in [0.25, 0.3) is 11.6 Å². The Morgan fingerprint density at radius 3 is 2.48 bits per heavy atom. The average molecular weight is 300 g/mol. The van der Waals surface area contributed by atoms with Crippen LogP contribution in [0.4, 0.5) is 15.8 Å². The van der Waals surface area contributed by atoms with Gasteiger partial charge in [0.05, 0.1) is 28.9 Å². The molecule has 1 heterocycles. The van der Waals surface area contributed by atoms with Crippen molar-refractivity contribution in [3.8, 4) is 0 Å². The van der Waals surface area contributed by atoms with Crippen molar-refractivity contribution in [3.05, 3.63) is 33.6 Å². The van der Waals surface area contributed by atoms with E-state index < -0.39 is 34.5 Å². The lowest BCUT2D eigenvalue weighted by Gasteiger charge is -2.16. The van der Waals surface area contributed by atoms with Crippen LogP contribution in [0.3, 0.4) is 0 Å². The van der Waals surface area contributed by atoms with Gasteiger partial charge in [0, 0.05) is 13.1 Å². The number of nitrogens with two attached hydrogens (primary N) is 1. The molecule has 2 atom stereocenters. The Bertz CT molecular complexity index is 586. The van der Waals surface area contributed by atoms with Crippen molar-refractivity contribution in [1.82, 2.24) is 4.90 Å². The van der Waals surface area contributed by atoms with Crippen molar-refractivity contribution in [2.45, 2.75) is 12.2 Å². The topological polar surface area (TPSA) is 142 Å². The van der Waals surface area contributed by atoms with Gasteiger partial charge in [-0.05, 0) is 6.07 Å². The molecule has 10 heteroatoms. The van der Waals surface area contributed by atoms with E-state index >= 15 is 0 Å². The Morgan fingerprint density at radius 1 is 1.43 bits per heavy atom. The fourth-order valence-electron chi connectivity index (χ4n) is 2.10. The molecule has 0 spiro atoms. The number of nitro benzene ring substituents is 1. The molecule has 0 radical (unpaired) electrons. The zero-order valence-corrected chi connectivity index (χ0v) is 10.7. The smallest absolute Gasteiger partial charge is 0.285 e. The molecule has 0 bridgehead atoms. The molecule has 2 unspecified atom stereocenters. The van der Waals surface area contributed by atoms with E-state index in [0.29, 0.717) is 6.07 Å². The highest BCUT2D eigenvalue weighted by atomic mass is 19.1. The van der Waals surface area contributed by atoms with Crippen LogP contribution in [0.5, 0.6) is 0 Å². The number of nitrogen functional groups attached to an aromatic ring is 1. The molecule has 1 aliphatic rings. The SMILES string of the molecule is NNc1cc(C(=O)N2CC(O)C(O)C2)c([N+](=O)[O-])cc1F. The van der Waals surface area contributed by atoms with Gasteiger partial charge < -0.3 is 20.5 Å². The minimum absolute atomic E-state index is 0.167. The van der Waals surface area contributed by atoms with Crippen LogP contribution in [-0.2, 0) is 0 Å². The molecule has 9 nitrogen and oxygen atoms in total. The quantitative estimate of drug-likeness (QED) is 0.325. The van der Waals surface area contributed by atoms with E-state index in [4.69, 9.17) is 5.84 Å². The number of nitro groups is 1. The third-order valence-electron chi connectivity index (χ3n) is 3.21. The molecule has 5 N–H and O–H groups in total. The Labute approximate surface area is 117 Å². The van der Waals surface area contributed by atoms with Crippen molar-refractivity contribution < 1.29 is 24.3 Å². The Hall–Kier alpha value is -2.30. The molecular formula is C11H13FN4O5. The number of β-amino-alcohol motifs (C(OH)–C–C–N with tert-alkyl or cyclic N) is 2. The number of nitrogens with one attached hydrogen (secondary N) is 1. The Balaban J connectivity index is 2.42. The minimum atomic E-state index is -1.12.